The Bertz CT molecular complexity index is 1100. The van der Waals surface area contributed by atoms with E-state index < -0.39 is 0 Å². The van der Waals surface area contributed by atoms with Crippen LogP contribution in [0.15, 0.2) is 48.5 Å². The molecule has 0 atom stereocenters. The number of carbonyl (C=O) groups excluding carboxylic acids is 2. The van der Waals surface area contributed by atoms with Gasteiger partial charge in [-0.05, 0) is 61.9 Å². The van der Waals surface area contributed by atoms with Crippen LogP contribution in [0.1, 0.15) is 49.6 Å². The van der Waals surface area contributed by atoms with E-state index in [2.05, 4.69) is 10.6 Å². The fourth-order valence-electron chi connectivity index (χ4n) is 3.82. The lowest BCUT2D eigenvalue weighted by Gasteiger charge is -2.14. The first-order valence-electron chi connectivity index (χ1n) is 10.0. The molecule has 3 aromatic rings. The third-order valence-electron chi connectivity index (χ3n) is 5.37. The van der Waals surface area contributed by atoms with Gasteiger partial charge in [0.1, 0.15) is 10.8 Å². The van der Waals surface area contributed by atoms with E-state index in [0.717, 1.165) is 36.8 Å². The van der Waals surface area contributed by atoms with Crippen molar-refractivity contribution in [3.8, 4) is 5.75 Å². The molecule has 1 aliphatic rings. The van der Waals surface area contributed by atoms with Crippen molar-refractivity contribution in [2.45, 2.75) is 32.6 Å². The molecule has 0 fully saturated rings. The van der Waals surface area contributed by atoms with Gasteiger partial charge in [0.05, 0.1) is 18.4 Å². The summed E-state index contributed by atoms with van der Waals surface area (Å²) in [5, 5.41) is 6.59. The third kappa shape index (κ3) is 3.96. The lowest BCUT2D eigenvalue weighted by atomic mass is 9.95. The second-order valence-corrected chi connectivity index (χ2v) is 8.44. The molecule has 154 valence electrons. The van der Waals surface area contributed by atoms with Crippen LogP contribution in [0, 0.1) is 6.92 Å². The largest absolute Gasteiger partial charge is 0.495 e. The van der Waals surface area contributed by atoms with Crippen molar-refractivity contribution in [3.63, 3.8) is 0 Å². The molecule has 0 bridgehead atoms. The number of benzene rings is 2. The molecular formula is C24H24N2O3S. The van der Waals surface area contributed by atoms with Gasteiger partial charge in [0.25, 0.3) is 11.8 Å². The SMILES string of the molecule is COc1ccccc1NC(=O)c1c(NC(=O)c2ccccc2C)sc2c1CCCC2. The van der Waals surface area contributed by atoms with E-state index >= 15 is 0 Å². The number of amides is 2. The Balaban J connectivity index is 1.68. The van der Waals surface area contributed by atoms with E-state index in [1.54, 1.807) is 25.3 Å². The minimum atomic E-state index is -0.223. The second kappa shape index (κ2) is 8.71. The number of methoxy groups -OCH3 is 1. The lowest BCUT2D eigenvalue weighted by molar-refractivity contribution is 0.102. The van der Waals surface area contributed by atoms with Gasteiger partial charge in [-0.25, -0.2) is 0 Å². The molecule has 6 heteroatoms. The maximum Gasteiger partial charge on any atom is 0.259 e. The van der Waals surface area contributed by atoms with E-state index in [-0.39, 0.29) is 11.8 Å². The topological polar surface area (TPSA) is 67.4 Å². The van der Waals surface area contributed by atoms with Gasteiger partial charge in [0.2, 0.25) is 0 Å². The number of aryl methyl sites for hydroxylation is 2. The summed E-state index contributed by atoms with van der Waals surface area (Å²) in [5.41, 5.74) is 3.74. The summed E-state index contributed by atoms with van der Waals surface area (Å²) in [6.07, 6.45) is 3.94. The van der Waals surface area contributed by atoms with Gasteiger partial charge in [-0.1, -0.05) is 30.3 Å². The first kappa shape index (κ1) is 20.2. The van der Waals surface area contributed by atoms with Crippen LogP contribution < -0.4 is 15.4 Å². The molecule has 0 saturated carbocycles. The smallest absolute Gasteiger partial charge is 0.259 e. The highest BCUT2D eigenvalue weighted by molar-refractivity contribution is 7.17. The average molecular weight is 421 g/mol. The fraction of sp³-hybridized carbons (Fsp3) is 0.250. The molecule has 0 aliphatic heterocycles. The van der Waals surface area contributed by atoms with Crippen molar-refractivity contribution in [1.82, 2.24) is 0 Å². The number of anilines is 2. The van der Waals surface area contributed by atoms with E-state index in [1.165, 1.54) is 16.2 Å². The van der Waals surface area contributed by atoms with E-state index in [4.69, 9.17) is 4.74 Å². The van der Waals surface area contributed by atoms with Crippen molar-refractivity contribution in [2.24, 2.45) is 0 Å². The number of ether oxygens (including phenoxy) is 1. The second-order valence-electron chi connectivity index (χ2n) is 7.34. The van der Waals surface area contributed by atoms with Crippen molar-refractivity contribution in [2.75, 3.05) is 17.7 Å². The Hall–Kier alpha value is -3.12. The number of carbonyl (C=O) groups is 2. The number of hydrogen-bond donors (Lipinski definition) is 2. The van der Waals surface area contributed by atoms with Gasteiger partial charge in [-0.15, -0.1) is 11.3 Å². The highest BCUT2D eigenvalue weighted by Crippen LogP contribution is 2.39. The molecule has 1 heterocycles. The molecule has 0 radical (unpaired) electrons. The summed E-state index contributed by atoms with van der Waals surface area (Å²) in [5.74, 6) is 0.178. The summed E-state index contributed by atoms with van der Waals surface area (Å²) in [6.45, 7) is 1.91. The number of rotatable bonds is 5. The summed E-state index contributed by atoms with van der Waals surface area (Å²) >= 11 is 1.52. The van der Waals surface area contributed by atoms with Crippen LogP contribution in [0.2, 0.25) is 0 Å². The van der Waals surface area contributed by atoms with Crippen molar-refractivity contribution in [1.29, 1.82) is 0 Å². The maximum atomic E-state index is 13.3. The van der Waals surface area contributed by atoms with E-state index in [0.29, 0.717) is 27.6 Å². The van der Waals surface area contributed by atoms with Crippen LogP contribution in [-0.4, -0.2) is 18.9 Å². The standard InChI is InChI=1S/C24H24N2O3S/c1-15-9-3-4-10-16(15)22(27)26-24-21(17-11-5-8-14-20(17)30-24)23(28)25-18-12-6-7-13-19(18)29-2/h3-4,6-7,9-10,12-13H,5,8,11,14H2,1-2H3,(H,25,28)(H,26,27). The number of para-hydroxylation sites is 2. The monoisotopic (exact) mass is 420 g/mol. The van der Waals surface area contributed by atoms with Gasteiger partial charge >= 0.3 is 0 Å². The first-order chi connectivity index (χ1) is 14.6. The predicted molar refractivity (Wildman–Crippen MR) is 121 cm³/mol. The minimum absolute atomic E-state index is 0.196. The van der Waals surface area contributed by atoms with E-state index in [1.807, 2.05) is 37.3 Å². The third-order valence-corrected chi connectivity index (χ3v) is 6.58. The van der Waals surface area contributed by atoms with Crippen LogP contribution in [0.3, 0.4) is 0 Å². The predicted octanol–water partition coefficient (Wildman–Crippen LogP) is 5.45. The molecule has 5 nitrogen and oxygen atoms in total. The van der Waals surface area contributed by atoms with Crippen molar-refractivity contribution < 1.29 is 14.3 Å². The summed E-state index contributed by atoms with van der Waals surface area (Å²) in [4.78, 5) is 27.4. The van der Waals surface area contributed by atoms with Gasteiger partial charge < -0.3 is 15.4 Å². The Kier molecular flexibility index (Phi) is 5.86. The summed E-state index contributed by atoms with van der Waals surface area (Å²) < 4.78 is 5.36. The van der Waals surface area contributed by atoms with Crippen LogP contribution in [0.5, 0.6) is 5.75 Å². The Morgan fingerprint density at radius 2 is 1.67 bits per heavy atom. The normalized spacial score (nSPS) is 12.7. The van der Waals surface area contributed by atoms with Crippen LogP contribution in [-0.2, 0) is 12.8 Å². The summed E-state index contributed by atoms with van der Waals surface area (Å²) in [6, 6.07) is 14.8. The van der Waals surface area contributed by atoms with Crippen LogP contribution in [0.25, 0.3) is 0 Å². The van der Waals surface area contributed by atoms with Crippen LogP contribution in [0.4, 0.5) is 10.7 Å². The quantitative estimate of drug-likeness (QED) is 0.577. The molecule has 2 N–H and O–H groups in total. The number of thiophene rings is 1. The molecule has 0 unspecified atom stereocenters. The lowest BCUT2D eigenvalue weighted by Crippen LogP contribution is -2.19. The van der Waals surface area contributed by atoms with Gasteiger partial charge in [0.15, 0.2) is 0 Å². The average Bonchev–Trinajstić information content (AvgIpc) is 3.12. The zero-order chi connectivity index (χ0) is 21.1. The molecule has 2 amide bonds. The van der Waals surface area contributed by atoms with Gasteiger partial charge in [-0.2, -0.15) is 0 Å². The zero-order valence-electron chi connectivity index (χ0n) is 17.1. The van der Waals surface area contributed by atoms with Gasteiger partial charge in [-0.3, -0.25) is 9.59 Å². The van der Waals surface area contributed by atoms with Crippen LogP contribution >= 0.6 is 11.3 Å². The molecule has 1 aromatic heterocycles. The van der Waals surface area contributed by atoms with E-state index in [9.17, 15) is 9.59 Å². The van der Waals surface area contributed by atoms with Crippen molar-refractivity contribution >= 4 is 33.8 Å². The Morgan fingerprint density at radius 3 is 2.47 bits per heavy atom. The first-order valence-corrected chi connectivity index (χ1v) is 10.9. The Labute approximate surface area is 180 Å². The highest BCUT2D eigenvalue weighted by Gasteiger charge is 2.27. The zero-order valence-corrected chi connectivity index (χ0v) is 17.9. The number of nitrogens with one attached hydrogen (secondary N) is 2. The summed E-state index contributed by atoms with van der Waals surface area (Å²) in [7, 11) is 1.57. The molecule has 1 aliphatic carbocycles. The molecule has 0 saturated heterocycles. The maximum absolute atomic E-state index is 13.3. The Morgan fingerprint density at radius 1 is 0.933 bits per heavy atom. The molecular weight excluding hydrogens is 396 g/mol. The van der Waals surface area contributed by atoms with Gasteiger partial charge in [0, 0.05) is 10.4 Å². The molecule has 2 aromatic carbocycles. The minimum Gasteiger partial charge on any atom is -0.495 e. The number of fused-ring (bicyclic) bond motifs is 1. The fourth-order valence-corrected chi connectivity index (χ4v) is 5.11. The molecule has 4 rings (SSSR count). The van der Waals surface area contributed by atoms with Crippen molar-refractivity contribution in [3.05, 3.63) is 75.7 Å². The highest BCUT2D eigenvalue weighted by atomic mass is 32.1. The molecule has 0 spiro atoms. The molecule has 30 heavy (non-hydrogen) atoms. The number of hydrogen-bond acceptors (Lipinski definition) is 4.